The Bertz CT molecular complexity index is 338. The quantitative estimate of drug-likeness (QED) is 0.770. The topological polar surface area (TPSA) is 70.7 Å². The van der Waals surface area contributed by atoms with Crippen LogP contribution in [0, 0.1) is 5.92 Å². The van der Waals surface area contributed by atoms with E-state index in [1.54, 1.807) is 0 Å². The molecule has 76 valence electrons. The van der Waals surface area contributed by atoms with Crippen molar-refractivity contribution in [3.63, 3.8) is 0 Å². The third-order valence-electron chi connectivity index (χ3n) is 2.42. The zero-order valence-corrected chi connectivity index (χ0v) is 7.64. The van der Waals surface area contributed by atoms with Crippen LogP contribution in [0.25, 0.3) is 0 Å². The van der Waals surface area contributed by atoms with Gasteiger partial charge in [-0.3, -0.25) is 0 Å². The van der Waals surface area contributed by atoms with Gasteiger partial charge in [0.25, 0.3) is 0 Å². The van der Waals surface area contributed by atoms with Crippen molar-refractivity contribution in [2.24, 2.45) is 5.92 Å². The van der Waals surface area contributed by atoms with E-state index in [4.69, 9.17) is 9.52 Å². The van der Waals surface area contributed by atoms with Crippen molar-refractivity contribution in [1.82, 2.24) is 0 Å². The second-order valence-corrected chi connectivity index (χ2v) is 3.70. The van der Waals surface area contributed by atoms with E-state index >= 15 is 0 Å². The van der Waals surface area contributed by atoms with E-state index < -0.39 is 12.1 Å². The second kappa shape index (κ2) is 3.46. The fraction of sp³-hybridized carbons (Fsp3) is 0.500. The molecule has 1 fully saturated rings. The molecule has 1 unspecified atom stereocenters. The van der Waals surface area contributed by atoms with E-state index in [0.29, 0.717) is 18.1 Å². The van der Waals surface area contributed by atoms with E-state index in [2.05, 4.69) is 0 Å². The molecule has 2 rings (SSSR count). The number of aliphatic hydroxyl groups is 1. The van der Waals surface area contributed by atoms with Crippen LogP contribution in [0.15, 0.2) is 16.5 Å². The molecule has 0 aromatic carbocycles. The average Bonchev–Trinajstić information content (AvgIpc) is 2.81. The van der Waals surface area contributed by atoms with E-state index in [9.17, 15) is 9.90 Å². The summed E-state index contributed by atoms with van der Waals surface area (Å²) in [6.45, 7) is 0. The first-order valence-corrected chi connectivity index (χ1v) is 4.68. The van der Waals surface area contributed by atoms with Gasteiger partial charge in [-0.15, -0.1) is 0 Å². The van der Waals surface area contributed by atoms with Gasteiger partial charge in [-0.2, -0.15) is 0 Å². The SMILES string of the molecule is O=C(O)c1ccc(C(O)CC2CC2)o1. The van der Waals surface area contributed by atoms with Crippen LogP contribution in [0.1, 0.15) is 41.7 Å². The maximum atomic E-state index is 10.5. The summed E-state index contributed by atoms with van der Waals surface area (Å²) in [6, 6.07) is 2.89. The molecule has 1 aliphatic carbocycles. The fourth-order valence-electron chi connectivity index (χ4n) is 1.43. The molecule has 0 aliphatic heterocycles. The van der Waals surface area contributed by atoms with Crippen LogP contribution in [0.5, 0.6) is 0 Å². The molecule has 1 saturated carbocycles. The maximum Gasteiger partial charge on any atom is 0.371 e. The van der Waals surface area contributed by atoms with Crippen molar-refractivity contribution in [3.05, 3.63) is 23.7 Å². The third kappa shape index (κ3) is 1.96. The number of rotatable bonds is 4. The monoisotopic (exact) mass is 196 g/mol. The van der Waals surface area contributed by atoms with Crippen LogP contribution in [0.4, 0.5) is 0 Å². The number of carboxylic acid groups (broad SMARTS) is 1. The lowest BCUT2D eigenvalue weighted by Crippen LogP contribution is -1.97. The van der Waals surface area contributed by atoms with Crippen molar-refractivity contribution in [2.75, 3.05) is 0 Å². The molecule has 1 aromatic rings. The third-order valence-corrected chi connectivity index (χ3v) is 2.42. The van der Waals surface area contributed by atoms with Crippen LogP contribution in [0.2, 0.25) is 0 Å². The van der Waals surface area contributed by atoms with E-state index in [1.165, 1.54) is 12.1 Å². The van der Waals surface area contributed by atoms with Crippen molar-refractivity contribution in [2.45, 2.75) is 25.4 Å². The summed E-state index contributed by atoms with van der Waals surface area (Å²) in [5.41, 5.74) is 0. The van der Waals surface area contributed by atoms with Gasteiger partial charge in [0.2, 0.25) is 5.76 Å². The summed E-state index contributed by atoms with van der Waals surface area (Å²) in [5, 5.41) is 18.2. The molecule has 14 heavy (non-hydrogen) atoms. The number of carboxylic acids is 1. The Morgan fingerprint density at radius 2 is 2.29 bits per heavy atom. The lowest BCUT2D eigenvalue weighted by atomic mass is 10.1. The van der Waals surface area contributed by atoms with E-state index in [1.807, 2.05) is 0 Å². The predicted octanol–water partition coefficient (Wildman–Crippen LogP) is 1.81. The Labute approximate surface area is 81.2 Å². The first kappa shape index (κ1) is 9.27. The highest BCUT2D eigenvalue weighted by molar-refractivity contribution is 5.84. The Kier molecular flexibility index (Phi) is 2.29. The lowest BCUT2D eigenvalue weighted by Gasteiger charge is -2.05. The maximum absolute atomic E-state index is 10.5. The highest BCUT2D eigenvalue weighted by Crippen LogP contribution is 2.37. The summed E-state index contributed by atoms with van der Waals surface area (Å²) < 4.78 is 4.99. The molecular formula is C10H12O4. The van der Waals surface area contributed by atoms with Gasteiger partial charge in [0.1, 0.15) is 11.9 Å². The number of carbonyl (C=O) groups is 1. The van der Waals surface area contributed by atoms with Gasteiger partial charge >= 0.3 is 5.97 Å². The number of hydrogen-bond donors (Lipinski definition) is 2. The molecule has 1 aliphatic rings. The zero-order chi connectivity index (χ0) is 10.1. The van der Waals surface area contributed by atoms with Crippen molar-refractivity contribution in [1.29, 1.82) is 0 Å². The van der Waals surface area contributed by atoms with Gasteiger partial charge in [-0.25, -0.2) is 4.79 Å². The summed E-state index contributed by atoms with van der Waals surface area (Å²) in [7, 11) is 0. The molecule has 4 heteroatoms. The lowest BCUT2D eigenvalue weighted by molar-refractivity contribution is 0.0649. The highest BCUT2D eigenvalue weighted by atomic mass is 16.4. The van der Waals surface area contributed by atoms with Gasteiger partial charge in [0.05, 0.1) is 0 Å². The van der Waals surface area contributed by atoms with Crippen LogP contribution in [-0.2, 0) is 0 Å². The van der Waals surface area contributed by atoms with Gasteiger partial charge in [0, 0.05) is 0 Å². The Morgan fingerprint density at radius 3 is 2.79 bits per heavy atom. The predicted molar refractivity (Wildman–Crippen MR) is 48.0 cm³/mol. The Morgan fingerprint density at radius 1 is 1.57 bits per heavy atom. The Balaban J connectivity index is 2.03. The minimum absolute atomic E-state index is 0.116. The fourth-order valence-corrected chi connectivity index (χ4v) is 1.43. The number of aromatic carboxylic acids is 1. The smallest absolute Gasteiger partial charge is 0.371 e. The molecule has 1 aromatic heterocycles. The first-order valence-electron chi connectivity index (χ1n) is 4.68. The molecule has 4 nitrogen and oxygen atoms in total. The zero-order valence-electron chi connectivity index (χ0n) is 7.64. The molecule has 2 N–H and O–H groups in total. The van der Waals surface area contributed by atoms with E-state index in [-0.39, 0.29) is 5.76 Å². The highest BCUT2D eigenvalue weighted by Gasteiger charge is 2.26. The van der Waals surface area contributed by atoms with Crippen molar-refractivity contribution >= 4 is 5.97 Å². The molecule has 1 atom stereocenters. The number of hydrogen-bond acceptors (Lipinski definition) is 3. The molecule has 0 radical (unpaired) electrons. The number of furan rings is 1. The van der Waals surface area contributed by atoms with Crippen LogP contribution < -0.4 is 0 Å². The van der Waals surface area contributed by atoms with Crippen molar-refractivity contribution in [3.8, 4) is 0 Å². The van der Waals surface area contributed by atoms with E-state index in [0.717, 1.165) is 12.8 Å². The first-order chi connectivity index (χ1) is 6.66. The largest absolute Gasteiger partial charge is 0.475 e. The summed E-state index contributed by atoms with van der Waals surface area (Å²) in [5.74, 6) is -0.276. The van der Waals surface area contributed by atoms with Gasteiger partial charge in [-0.1, -0.05) is 12.8 Å². The summed E-state index contributed by atoms with van der Waals surface area (Å²) >= 11 is 0. The molecular weight excluding hydrogens is 184 g/mol. The summed E-state index contributed by atoms with van der Waals surface area (Å²) in [4.78, 5) is 10.5. The molecule has 0 bridgehead atoms. The molecule has 1 heterocycles. The van der Waals surface area contributed by atoms with Gasteiger partial charge in [-0.05, 0) is 24.5 Å². The second-order valence-electron chi connectivity index (χ2n) is 3.70. The minimum Gasteiger partial charge on any atom is -0.475 e. The average molecular weight is 196 g/mol. The number of aliphatic hydroxyl groups excluding tert-OH is 1. The molecule has 0 saturated heterocycles. The van der Waals surface area contributed by atoms with Crippen LogP contribution in [0.3, 0.4) is 0 Å². The van der Waals surface area contributed by atoms with Crippen LogP contribution in [-0.4, -0.2) is 16.2 Å². The van der Waals surface area contributed by atoms with Crippen LogP contribution >= 0.6 is 0 Å². The summed E-state index contributed by atoms with van der Waals surface area (Å²) in [6.07, 6.45) is 2.33. The molecule has 0 amide bonds. The minimum atomic E-state index is -1.10. The van der Waals surface area contributed by atoms with Gasteiger partial charge < -0.3 is 14.6 Å². The standard InChI is InChI=1S/C10H12O4/c11-7(5-6-1-2-6)8-3-4-9(14-8)10(12)13/h3-4,6-7,11H,1-2,5H2,(H,12,13). The Hall–Kier alpha value is -1.29. The molecule has 0 spiro atoms. The van der Waals surface area contributed by atoms with Crippen molar-refractivity contribution < 1.29 is 19.4 Å². The normalized spacial score (nSPS) is 18.1. The van der Waals surface area contributed by atoms with Gasteiger partial charge in [0.15, 0.2) is 0 Å².